The fraction of sp³-hybridized carbons (Fsp3) is 0.571. The summed E-state index contributed by atoms with van der Waals surface area (Å²) < 4.78 is 0. The smallest absolute Gasteiger partial charge is 0.224 e. The topological polar surface area (TPSA) is 42.0 Å². The predicted octanol–water partition coefficient (Wildman–Crippen LogP) is 3.00. The summed E-state index contributed by atoms with van der Waals surface area (Å²) in [5.41, 5.74) is 1.37. The van der Waals surface area contributed by atoms with Gasteiger partial charge in [-0.1, -0.05) is 25.5 Å². The molecule has 1 aliphatic rings. The maximum absolute atomic E-state index is 12.1. The molecule has 0 unspecified atom stereocenters. The molecule has 0 saturated heterocycles. The van der Waals surface area contributed by atoms with E-state index in [1.54, 1.807) is 17.5 Å². The molecule has 0 aromatic carbocycles. The van der Waals surface area contributed by atoms with E-state index in [-0.39, 0.29) is 17.2 Å². The number of hydrogen-bond acceptors (Lipinski definition) is 3. The number of allylic oxidation sites excluding steroid dienone is 2. The zero-order chi connectivity index (χ0) is 13.3. The number of carbonyl (C=O) groups excluding carboxylic acids is 1. The molecule has 98 valence electrons. The molecule has 4 heteroatoms. The molecule has 3 nitrogen and oxygen atoms in total. The number of rotatable bonds is 4. The number of carbonyl (C=O) groups is 1. The standard InChI is InChI=1S/C14H20N2OS/c1-9(2)7-10-12(14(10,3)4)13(17)16-8-11-15-5-6-18-11/h5-7,10,12H,8H2,1-4H3,(H,16,17)/t10-,12-/m1/s1. The second kappa shape index (κ2) is 4.84. The third-order valence-electron chi connectivity index (χ3n) is 3.60. The molecule has 0 bridgehead atoms. The number of amides is 1. The SMILES string of the molecule is CC(C)=C[C@@H]1[C@H](C(=O)NCc2nccs2)C1(C)C. The Morgan fingerprint density at radius 1 is 1.56 bits per heavy atom. The molecule has 1 aromatic heterocycles. The molecular formula is C14H20N2OS. The third-order valence-corrected chi connectivity index (χ3v) is 4.38. The molecule has 1 saturated carbocycles. The Morgan fingerprint density at radius 3 is 2.83 bits per heavy atom. The van der Waals surface area contributed by atoms with E-state index in [0.29, 0.717) is 12.5 Å². The Morgan fingerprint density at radius 2 is 2.28 bits per heavy atom. The van der Waals surface area contributed by atoms with Crippen LogP contribution in [0, 0.1) is 17.3 Å². The molecule has 2 rings (SSSR count). The predicted molar refractivity (Wildman–Crippen MR) is 74.2 cm³/mol. The molecule has 1 fully saturated rings. The van der Waals surface area contributed by atoms with Gasteiger partial charge in [0.2, 0.25) is 5.91 Å². The Kier molecular flexibility index (Phi) is 3.57. The number of thiazole rings is 1. The lowest BCUT2D eigenvalue weighted by molar-refractivity contribution is -0.123. The van der Waals surface area contributed by atoms with Crippen LogP contribution in [0.25, 0.3) is 0 Å². The fourth-order valence-corrected chi connectivity index (χ4v) is 3.02. The fourth-order valence-electron chi connectivity index (χ4n) is 2.46. The minimum absolute atomic E-state index is 0.0875. The monoisotopic (exact) mass is 264 g/mol. The van der Waals surface area contributed by atoms with Gasteiger partial charge in [0.25, 0.3) is 0 Å². The van der Waals surface area contributed by atoms with Crippen LogP contribution in [0.3, 0.4) is 0 Å². The lowest BCUT2D eigenvalue weighted by Gasteiger charge is -2.03. The Bertz CT molecular complexity index is 458. The van der Waals surface area contributed by atoms with Gasteiger partial charge in [-0.15, -0.1) is 11.3 Å². The van der Waals surface area contributed by atoms with E-state index in [9.17, 15) is 4.79 Å². The Hall–Kier alpha value is -1.16. The summed E-state index contributed by atoms with van der Waals surface area (Å²) in [6, 6.07) is 0. The van der Waals surface area contributed by atoms with Crippen molar-refractivity contribution in [1.29, 1.82) is 0 Å². The number of hydrogen-bond donors (Lipinski definition) is 1. The molecule has 1 aromatic rings. The van der Waals surface area contributed by atoms with Gasteiger partial charge in [0.05, 0.1) is 12.5 Å². The van der Waals surface area contributed by atoms with Crippen LogP contribution in [-0.4, -0.2) is 10.9 Å². The highest BCUT2D eigenvalue weighted by atomic mass is 32.1. The lowest BCUT2D eigenvalue weighted by atomic mass is 10.1. The van der Waals surface area contributed by atoms with E-state index >= 15 is 0 Å². The first kappa shape index (κ1) is 13.3. The van der Waals surface area contributed by atoms with E-state index in [4.69, 9.17) is 0 Å². The Labute approximate surface area is 112 Å². The van der Waals surface area contributed by atoms with Gasteiger partial charge in [0, 0.05) is 11.6 Å². The quantitative estimate of drug-likeness (QED) is 0.849. The van der Waals surface area contributed by atoms with E-state index in [0.717, 1.165) is 5.01 Å². The molecular weight excluding hydrogens is 244 g/mol. The van der Waals surface area contributed by atoms with Crippen molar-refractivity contribution < 1.29 is 4.79 Å². The summed E-state index contributed by atoms with van der Waals surface area (Å²) in [6.45, 7) is 9.03. The highest BCUT2D eigenvalue weighted by molar-refractivity contribution is 7.09. The zero-order valence-electron chi connectivity index (χ0n) is 11.4. The normalized spacial score (nSPS) is 24.4. The highest BCUT2D eigenvalue weighted by Crippen LogP contribution is 2.59. The van der Waals surface area contributed by atoms with Crippen LogP contribution >= 0.6 is 11.3 Å². The van der Waals surface area contributed by atoms with Gasteiger partial charge in [0.1, 0.15) is 5.01 Å². The van der Waals surface area contributed by atoms with Crippen molar-refractivity contribution in [2.24, 2.45) is 17.3 Å². The summed E-state index contributed by atoms with van der Waals surface area (Å²) in [6.07, 6.45) is 3.98. The van der Waals surface area contributed by atoms with Crippen molar-refractivity contribution in [3.63, 3.8) is 0 Å². The van der Waals surface area contributed by atoms with Crippen LogP contribution in [0.1, 0.15) is 32.7 Å². The van der Waals surface area contributed by atoms with Crippen molar-refractivity contribution in [2.75, 3.05) is 0 Å². The van der Waals surface area contributed by atoms with Gasteiger partial charge in [-0.25, -0.2) is 4.98 Å². The molecule has 2 atom stereocenters. The van der Waals surface area contributed by atoms with Gasteiger partial charge in [0.15, 0.2) is 0 Å². The van der Waals surface area contributed by atoms with Crippen LogP contribution in [0.15, 0.2) is 23.2 Å². The second-order valence-corrected chi connectivity index (χ2v) is 6.69. The van der Waals surface area contributed by atoms with Crippen molar-refractivity contribution in [1.82, 2.24) is 10.3 Å². The van der Waals surface area contributed by atoms with Gasteiger partial charge < -0.3 is 5.32 Å². The largest absolute Gasteiger partial charge is 0.349 e. The number of aromatic nitrogens is 1. The van der Waals surface area contributed by atoms with E-state index in [1.807, 2.05) is 5.38 Å². The van der Waals surface area contributed by atoms with Crippen LogP contribution in [0.4, 0.5) is 0 Å². The van der Waals surface area contributed by atoms with Gasteiger partial charge in [-0.2, -0.15) is 0 Å². The molecule has 1 heterocycles. The average molecular weight is 264 g/mol. The van der Waals surface area contributed by atoms with Crippen molar-refractivity contribution in [3.8, 4) is 0 Å². The summed E-state index contributed by atoms with van der Waals surface area (Å²) in [7, 11) is 0. The molecule has 1 N–H and O–H groups in total. The van der Waals surface area contributed by atoms with Crippen molar-refractivity contribution in [3.05, 3.63) is 28.2 Å². The molecule has 1 aliphatic carbocycles. The average Bonchev–Trinajstić information content (AvgIpc) is 2.70. The van der Waals surface area contributed by atoms with Crippen LogP contribution in [-0.2, 0) is 11.3 Å². The van der Waals surface area contributed by atoms with Gasteiger partial charge >= 0.3 is 0 Å². The first-order chi connectivity index (χ1) is 8.43. The first-order valence-electron chi connectivity index (χ1n) is 6.24. The molecule has 1 amide bonds. The highest BCUT2D eigenvalue weighted by Gasteiger charge is 2.60. The van der Waals surface area contributed by atoms with Gasteiger partial charge in [-0.3, -0.25) is 4.79 Å². The molecule has 0 radical (unpaired) electrons. The van der Waals surface area contributed by atoms with Crippen LogP contribution in [0.5, 0.6) is 0 Å². The summed E-state index contributed by atoms with van der Waals surface area (Å²) in [5.74, 6) is 0.629. The second-order valence-electron chi connectivity index (χ2n) is 5.71. The lowest BCUT2D eigenvalue weighted by Crippen LogP contribution is -2.26. The summed E-state index contributed by atoms with van der Waals surface area (Å²) in [4.78, 5) is 16.3. The summed E-state index contributed by atoms with van der Waals surface area (Å²) >= 11 is 1.57. The summed E-state index contributed by atoms with van der Waals surface area (Å²) in [5, 5.41) is 5.87. The number of nitrogens with zero attached hydrogens (tertiary/aromatic N) is 1. The van der Waals surface area contributed by atoms with Crippen LogP contribution in [0.2, 0.25) is 0 Å². The Balaban J connectivity index is 1.92. The molecule has 0 spiro atoms. The maximum atomic E-state index is 12.1. The number of nitrogens with one attached hydrogen (secondary N) is 1. The van der Waals surface area contributed by atoms with E-state index in [1.165, 1.54) is 5.57 Å². The van der Waals surface area contributed by atoms with Crippen molar-refractivity contribution >= 4 is 17.2 Å². The maximum Gasteiger partial charge on any atom is 0.224 e. The van der Waals surface area contributed by atoms with Crippen LogP contribution < -0.4 is 5.32 Å². The van der Waals surface area contributed by atoms with E-state index < -0.39 is 0 Å². The first-order valence-corrected chi connectivity index (χ1v) is 7.12. The zero-order valence-corrected chi connectivity index (χ0v) is 12.2. The van der Waals surface area contributed by atoms with Crippen molar-refractivity contribution in [2.45, 2.75) is 34.2 Å². The third kappa shape index (κ3) is 2.64. The van der Waals surface area contributed by atoms with Gasteiger partial charge in [-0.05, 0) is 25.2 Å². The minimum Gasteiger partial charge on any atom is -0.349 e. The minimum atomic E-state index is 0.0875. The molecule has 18 heavy (non-hydrogen) atoms. The molecule has 0 aliphatic heterocycles. The van der Waals surface area contributed by atoms with E-state index in [2.05, 4.69) is 44.1 Å².